The van der Waals surface area contributed by atoms with E-state index in [0.717, 1.165) is 32.6 Å². The number of rotatable bonds is 10. The number of carboxylic acids is 1. The molecule has 0 heterocycles. The van der Waals surface area contributed by atoms with Crippen LogP contribution in [-0.2, 0) is 9.53 Å². The van der Waals surface area contributed by atoms with Crippen LogP contribution in [0.25, 0.3) is 0 Å². The Morgan fingerprint density at radius 2 is 1.16 bits per heavy atom. The molecule has 0 rings (SSSR count). The van der Waals surface area contributed by atoms with Gasteiger partial charge >= 0.3 is 0 Å². The first-order valence-corrected chi connectivity index (χ1v) is 8.83. The summed E-state index contributed by atoms with van der Waals surface area (Å²) in [5, 5.41) is 7.42. The van der Waals surface area contributed by atoms with Crippen molar-refractivity contribution in [1.29, 1.82) is 0 Å². The molecule has 0 spiro atoms. The summed E-state index contributed by atoms with van der Waals surface area (Å²) in [7, 11) is 0. The monoisotopic (exact) mass is 350 g/mol. The number of aliphatic carboxylic acids is 1. The molecule has 2 atom stereocenters. The van der Waals surface area contributed by atoms with Crippen LogP contribution in [0.2, 0.25) is 0 Å². The van der Waals surface area contributed by atoms with E-state index in [4.69, 9.17) is 14.6 Å². The molecular weight excluding hydrogens is 312 g/mol. The van der Waals surface area contributed by atoms with Crippen LogP contribution in [-0.4, -0.2) is 22.3 Å². The molecule has 1 N–H and O–H groups in total. The van der Waals surface area contributed by atoms with Crippen LogP contribution >= 0.6 is 0 Å². The lowest BCUT2D eigenvalue weighted by molar-refractivity contribution is -0.134. The van der Waals surface area contributed by atoms with Crippen molar-refractivity contribution < 1.29 is 14.6 Å². The minimum Gasteiger partial charge on any atom is -0.481 e. The minimum absolute atomic E-state index is 0.320. The third-order valence-electron chi connectivity index (χ3n) is 3.72. The van der Waals surface area contributed by atoms with E-state index >= 15 is 0 Å². The van der Waals surface area contributed by atoms with Crippen LogP contribution in [0, 0.1) is 0 Å². The Bertz CT molecular complexity index is 438. The van der Waals surface area contributed by atoms with Crippen molar-refractivity contribution in [2.45, 2.75) is 85.4 Å². The molecule has 0 aromatic rings. The maximum atomic E-state index is 9.00. The van der Waals surface area contributed by atoms with Crippen LogP contribution in [0.5, 0.6) is 0 Å². The Balaban J connectivity index is 0. The Labute approximate surface area is 155 Å². The van der Waals surface area contributed by atoms with Gasteiger partial charge in [-0.2, -0.15) is 0 Å². The Morgan fingerprint density at radius 1 is 0.880 bits per heavy atom. The highest BCUT2D eigenvalue weighted by atomic mass is 16.5. The average molecular weight is 351 g/mol. The predicted molar refractivity (Wildman–Crippen MR) is 109 cm³/mol. The molecule has 3 heteroatoms. The van der Waals surface area contributed by atoms with Gasteiger partial charge in [-0.25, -0.2) is 0 Å². The molecule has 25 heavy (non-hydrogen) atoms. The number of allylic oxidation sites excluding steroid dienone is 4. The van der Waals surface area contributed by atoms with Crippen molar-refractivity contribution in [2.24, 2.45) is 0 Å². The number of hydrogen-bond acceptors (Lipinski definition) is 2. The zero-order valence-corrected chi connectivity index (χ0v) is 17.3. The molecule has 0 aliphatic heterocycles. The second kappa shape index (κ2) is 12.7. The molecule has 0 bridgehead atoms. The summed E-state index contributed by atoms with van der Waals surface area (Å²) in [4.78, 5) is 9.00. The quantitative estimate of drug-likeness (QED) is 0.459. The fourth-order valence-electron chi connectivity index (χ4n) is 2.22. The first kappa shape index (κ1) is 25.6. The summed E-state index contributed by atoms with van der Waals surface area (Å²) in [6, 6.07) is 0. The van der Waals surface area contributed by atoms with Crippen molar-refractivity contribution in [3.05, 3.63) is 48.6 Å². The number of ether oxygens (including phenoxy) is 1. The summed E-state index contributed by atoms with van der Waals surface area (Å²) in [6.07, 6.45) is 12.2. The molecule has 3 nitrogen and oxygen atoms in total. The largest absolute Gasteiger partial charge is 0.481 e. The molecule has 2 unspecified atom stereocenters. The van der Waals surface area contributed by atoms with Crippen LogP contribution in [0.1, 0.15) is 74.1 Å². The number of carboxylic acid groups (broad SMARTS) is 1. The van der Waals surface area contributed by atoms with Gasteiger partial charge in [0.15, 0.2) is 0 Å². The normalized spacial score (nSPS) is 14.7. The van der Waals surface area contributed by atoms with E-state index in [0.29, 0.717) is 0 Å². The van der Waals surface area contributed by atoms with E-state index in [1.165, 1.54) is 11.1 Å². The van der Waals surface area contributed by atoms with Crippen molar-refractivity contribution in [3.8, 4) is 0 Å². The minimum atomic E-state index is -0.833. The topological polar surface area (TPSA) is 46.5 Å². The summed E-state index contributed by atoms with van der Waals surface area (Å²) in [5.41, 5.74) is 2.05. The van der Waals surface area contributed by atoms with Gasteiger partial charge in [0.1, 0.15) is 0 Å². The second-order valence-electron chi connectivity index (χ2n) is 7.29. The van der Waals surface area contributed by atoms with E-state index in [1.54, 1.807) is 0 Å². The van der Waals surface area contributed by atoms with E-state index in [9.17, 15) is 0 Å². The predicted octanol–water partition coefficient (Wildman–Crippen LogP) is 6.48. The molecule has 0 radical (unpaired) electrons. The van der Waals surface area contributed by atoms with Gasteiger partial charge in [-0.15, -0.1) is 13.2 Å². The lowest BCUT2D eigenvalue weighted by Crippen LogP contribution is -2.38. The molecule has 0 aliphatic carbocycles. The van der Waals surface area contributed by atoms with Gasteiger partial charge in [0, 0.05) is 6.92 Å². The van der Waals surface area contributed by atoms with E-state index in [1.807, 2.05) is 12.2 Å². The van der Waals surface area contributed by atoms with Gasteiger partial charge in [0.05, 0.1) is 11.2 Å². The van der Waals surface area contributed by atoms with Gasteiger partial charge in [0.2, 0.25) is 0 Å². The highest BCUT2D eigenvalue weighted by Crippen LogP contribution is 2.30. The Morgan fingerprint density at radius 3 is 1.36 bits per heavy atom. The maximum absolute atomic E-state index is 9.00. The SMILES string of the molecule is C=CC(C)(CCC=C(C)C)OC(C)(C=C)CCC=C(C)C.CC(=O)O. The van der Waals surface area contributed by atoms with E-state index in [-0.39, 0.29) is 11.2 Å². The van der Waals surface area contributed by atoms with E-state index in [2.05, 4.69) is 66.9 Å². The summed E-state index contributed by atoms with van der Waals surface area (Å²) >= 11 is 0. The van der Waals surface area contributed by atoms with E-state index < -0.39 is 5.97 Å². The second-order valence-corrected chi connectivity index (χ2v) is 7.29. The number of carbonyl (C=O) groups is 1. The Kier molecular flexibility index (Phi) is 13.0. The lowest BCUT2D eigenvalue weighted by atomic mass is 9.94. The van der Waals surface area contributed by atoms with Gasteiger partial charge in [0.25, 0.3) is 5.97 Å². The fraction of sp³-hybridized carbons (Fsp3) is 0.591. The Hall–Kier alpha value is -1.61. The standard InChI is InChI=1S/C20H34O.C2H4O2/c1-9-19(7,15-11-13-17(3)4)21-20(8,10-2)16-12-14-18(5)6;1-2(3)4/h9-10,13-14H,1-2,11-12,15-16H2,3-8H3;1H3,(H,3,4). The molecule has 144 valence electrons. The van der Waals surface area contributed by atoms with Crippen LogP contribution in [0.3, 0.4) is 0 Å². The molecule has 0 aromatic carbocycles. The molecule has 0 amide bonds. The highest BCUT2D eigenvalue weighted by molar-refractivity contribution is 5.62. The molecule has 0 saturated heterocycles. The molecular formula is C22H38O3. The fourth-order valence-corrected chi connectivity index (χ4v) is 2.22. The van der Waals surface area contributed by atoms with Crippen molar-refractivity contribution in [2.75, 3.05) is 0 Å². The third-order valence-corrected chi connectivity index (χ3v) is 3.72. The molecule has 0 aliphatic rings. The maximum Gasteiger partial charge on any atom is 0.300 e. The smallest absolute Gasteiger partial charge is 0.300 e. The van der Waals surface area contributed by atoms with Gasteiger partial charge < -0.3 is 9.84 Å². The molecule has 0 fully saturated rings. The molecule has 0 aromatic heterocycles. The van der Waals surface area contributed by atoms with Gasteiger partial charge in [-0.3, -0.25) is 4.79 Å². The number of hydrogen-bond donors (Lipinski definition) is 1. The highest BCUT2D eigenvalue weighted by Gasteiger charge is 2.31. The van der Waals surface area contributed by atoms with Crippen molar-refractivity contribution in [1.82, 2.24) is 0 Å². The van der Waals surface area contributed by atoms with Crippen molar-refractivity contribution in [3.63, 3.8) is 0 Å². The van der Waals surface area contributed by atoms with Crippen LogP contribution in [0.15, 0.2) is 48.6 Å². The third kappa shape index (κ3) is 15.6. The molecule has 0 saturated carbocycles. The van der Waals surface area contributed by atoms with Crippen LogP contribution < -0.4 is 0 Å². The summed E-state index contributed by atoms with van der Waals surface area (Å²) in [6.45, 7) is 21.7. The zero-order valence-electron chi connectivity index (χ0n) is 17.3. The van der Waals surface area contributed by atoms with Gasteiger partial charge in [-0.1, -0.05) is 35.5 Å². The first-order valence-electron chi connectivity index (χ1n) is 8.83. The van der Waals surface area contributed by atoms with Gasteiger partial charge in [-0.05, 0) is 67.2 Å². The van der Waals surface area contributed by atoms with Crippen molar-refractivity contribution >= 4 is 5.97 Å². The summed E-state index contributed by atoms with van der Waals surface area (Å²) < 4.78 is 6.39. The zero-order chi connectivity index (χ0) is 20.1. The summed E-state index contributed by atoms with van der Waals surface area (Å²) in [5.74, 6) is -0.833. The lowest BCUT2D eigenvalue weighted by Gasteiger charge is -2.37. The van der Waals surface area contributed by atoms with Crippen LogP contribution in [0.4, 0.5) is 0 Å². The first-order chi connectivity index (χ1) is 11.4. The average Bonchev–Trinajstić information content (AvgIpc) is 2.45.